The van der Waals surface area contributed by atoms with Crippen molar-refractivity contribution in [2.24, 2.45) is 0 Å². The summed E-state index contributed by atoms with van der Waals surface area (Å²) in [6.45, 7) is 3.70. The summed E-state index contributed by atoms with van der Waals surface area (Å²) >= 11 is 0. The van der Waals surface area contributed by atoms with Gasteiger partial charge in [-0.3, -0.25) is 4.79 Å². The molecule has 3 aromatic rings. The molecule has 138 valence electrons. The third kappa shape index (κ3) is 3.64. The molecule has 1 N–H and O–H groups in total. The number of amides is 1. The number of para-hydroxylation sites is 1. The molecule has 1 saturated heterocycles. The van der Waals surface area contributed by atoms with Gasteiger partial charge in [-0.25, -0.2) is 4.98 Å². The van der Waals surface area contributed by atoms with Gasteiger partial charge < -0.3 is 14.9 Å². The van der Waals surface area contributed by atoms with Gasteiger partial charge in [0, 0.05) is 49.7 Å². The minimum absolute atomic E-state index is 0.000427. The van der Waals surface area contributed by atoms with Crippen molar-refractivity contribution in [3.8, 4) is 11.3 Å². The van der Waals surface area contributed by atoms with Gasteiger partial charge in [-0.1, -0.05) is 48.5 Å². The normalized spacial score (nSPS) is 17.8. The van der Waals surface area contributed by atoms with E-state index in [1.165, 1.54) is 0 Å². The van der Waals surface area contributed by atoms with Crippen molar-refractivity contribution in [1.29, 1.82) is 0 Å². The number of nitrogens with zero attached hydrogens (tertiary/aromatic N) is 3. The number of anilines is 1. The fourth-order valence-corrected chi connectivity index (χ4v) is 3.67. The second-order valence-corrected chi connectivity index (χ2v) is 6.97. The maximum Gasteiger partial charge on any atom is 0.219 e. The molecule has 0 saturated carbocycles. The molecular formula is C22H23N3O2. The fraction of sp³-hybridized carbons (Fsp3) is 0.273. The van der Waals surface area contributed by atoms with E-state index in [2.05, 4.69) is 29.2 Å². The zero-order valence-electron chi connectivity index (χ0n) is 15.4. The predicted molar refractivity (Wildman–Crippen MR) is 108 cm³/mol. The van der Waals surface area contributed by atoms with Crippen LogP contribution in [-0.2, 0) is 4.79 Å². The summed E-state index contributed by atoms with van der Waals surface area (Å²) in [4.78, 5) is 20.5. The van der Waals surface area contributed by atoms with Crippen LogP contribution < -0.4 is 4.90 Å². The number of β-amino-alcohol motifs (C(OH)–C–C–N with tert-alkyl or cyclic N) is 1. The Labute approximate surface area is 158 Å². The first-order valence-electron chi connectivity index (χ1n) is 9.25. The second kappa shape index (κ2) is 7.37. The standard InChI is InChI=1S/C22H23N3O2/c1-16(26)24-11-12-25(15-18(27)14-24)22-13-21(17-7-3-2-4-8-17)23-20-10-6-5-9-19(20)22/h2-10,13,18,27H,11-12,14-15H2,1H3. The zero-order chi connectivity index (χ0) is 18.8. The molecule has 1 amide bonds. The van der Waals surface area contributed by atoms with Crippen molar-refractivity contribution in [3.63, 3.8) is 0 Å². The molecule has 0 spiro atoms. The number of rotatable bonds is 2. The first-order chi connectivity index (χ1) is 13.1. The van der Waals surface area contributed by atoms with Crippen LogP contribution in [0.2, 0.25) is 0 Å². The van der Waals surface area contributed by atoms with Crippen LogP contribution in [-0.4, -0.2) is 53.2 Å². The van der Waals surface area contributed by atoms with Crippen LogP contribution in [0, 0.1) is 0 Å². The number of carbonyl (C=O) groups excluding carboxylic acids is 1. The molecule has 27 heavy (non-hydrogen) atoms. The molecule has 5 nitrogen and oxygen atoms in total. The second-order valence-electron chi connectivity index (χ2n) is 6.97. The van der Waals surface area contributed by atoms with E-state index in [9.17, 15) is 9.90 Å². The summed E-state index contributed by atoms with van der Waals surface area (Å²) in [5.74, 6) is 0.000427. The highest BCUT2D eigenvalue weighted by Gasteiger charge is 2.24. The highest BCUT2D eigenvalue weighted by molar-refractivity contribution is 5.94. The highest BCUT2D eigenvalue weighted by Crippen LogP contribution is 2.31. The maximum absolute atomic E-state index is 11.8. The average Bonchev–Trinajstić information content (AvgIpc) is 2.89. The first kappa shape index (κ1) is 17.5. The molecule has 2 heterocycles. The Morgan fingerprint density at radius 3 is 2.56 bits per heavy atom. The third-order valence-corrected chi connectivity index (χ3v) is 5.05. The van der Waals surface area contributed by atoms with E-state index >= 15 is 0 Å². The number of fused-ring (bicyclic) bond motifs is 1. The minimum atomic E-state index is -0.580. The van der Waals surface area contributed by atoms with Gasteiger partial charge in [-0.05, 0) is 12.1 Å². The van der Waals surface area contributed by atoms with E-state index in [0.29, 0.717) is 26.2 Å². The summed E-state index contributed by atoms with van der Waals surface area (Å²) in [5.41, 5.74) is 3.94. The largest absolute Gasteiger partial charge is 0.389 e. The van der Waals surface area contributed by atoms with Gasteiger partial charge in [0.25, 0.3) is 0 Å². The van der Waals surface area contributed by atoms with Gasteiger partial charge in [0.2, 0.25) is 5.91 Å². The average molecular weight is 361 g/mol. The van der Waals surface area contributed by atoms with Crippen molar-refractivity contribution in [2.45, 2.75) is 13.0 Å². The van der Waals surface area contributed by atoms with E-state index in [0.717, 1.165) is 27.8 Å². The lowest BCUT2D eigenvalue weighted by atomic mass is 10.1. The van der Waals surface area contributed by atoms with Crippen LogP contribution in [0.4, 0.5) is 5.69 Å². The van der Waals surface area contributed by atoms with Crippen molar-refractivity contribution in [2.75, 3.05) is 31.1 Å². The molecule has 1 atom stereocenters. The fourth-order valence-electron chi connectivity index (χ4n) is 3.67. The van der Waals surface area contributed by atoms with Gasteiger partial charge in [-0.2, -0.15) is 0 Å². The third-order valence-electron chi connectivity index (χ3n) is 5.05. The summed E-state index contributed by atoms with van der Waals surface area (Å²) in [6, 6.07) is 20.3. The topological polar surface area (TPSA) is 56.7 Å². The van der Waals surface area contributed by atoms with Crippen molar-refractivity contribution in [3.05, 3.63) is 60.7 Å². The number of aromatic nitrogens is 1. The Morgan fingerprint density at radius 2 is 1.78 bits per heavy atom. The molecular weight excluding hydrogens is 338 g/mol. The van der Waals surface area contributed by atoms with Crippen LogP contribution in [0.1, 0.15) is 6.92 Å². The molecule has 0 aliphatic carbocycles. The van der Waals surface area contributed by atoms with Crippen LogP contribution in [0.25, 0.3) is 22.2 Å². The molecule has 1 fully saturated rings. The van der Waals surface area contributed by atoms with E-state index in [1.54, 1.807) is 11.8 Å². The Bertz CT molecular complexity index is 958. The molecule has 4 rings (SSSR count). The number of benzene rings is 2. The molecule has 5 heteroatoms. The Balaban J connectivity index is 1.79. The maximum atomic E-state index is 11.8. The molecule has 1 unspecified atom stereocenters. The molecule has 2 aromatic carbocycles. The number of hydrogen-bond acceptors (Lipinski definition) is 4. The van der Waals surface area contributed by atoms with E-state index < -0.39 is 6.10 Å². The SMILES string of the molecule is CC(=O)N1CCN(c2cc(-c3ccccc3)nc3ccccc23)CC(O)C1. The van der Waals surface area contributed by atoms with Crippen molar-refractivity contribution >= 4 is 22.5 Å². The number of pyridine rings is 1. The molecule has 1 aliphatic heterocycles. The molecule has 0 radical (unpaired) electrons. The van der Waals surface area contributed by atoms with Gasteiger partial charge >= 0.3 is 0 Å². The minimum Gasteiger partial charge on any atom is -0.389 e. The van der Waals surface area contributed by atoms with E-state index in [4.69, 9.17) is 4.98 Å². The van der Waals surface area contributed by atoms with Gasteiger partial charge in [0.05, 0.1) is 17.3 Å². The zero-order valence-corrected chi connectivity index (χ0v) is 15.4. The van der Waals surface area contributed by atoms with Gasteiger partial charge in [0.15, 0.2) is 0 Å². The quantitative estimate of drug-likeness (QED) is 0.762. The lowest BCUT2D eigenvalue weighted by Crippen LogP contribution is -2.36. The first-order valence-corrected chi connectivity index (χ1v) is 9.25. The summed E-state index contributed by atoms with van der Waals surface area (Å²) in [5, 5.41) is 11.5. The lowest BCUT2D eigenvalue weighted by molar-refractivity contribution is -0.129. The monoisotopic (exact) mass is 361 g/mol. The van der Waals surface area contributed by atoms with E-state index in [-0.39, 0.29) is 5.91 Å². The Hall–Kier alpha value is -2.92. The van der Waals surface area contributed by atoms with Crippen LogP contribution in [0.15, 0.2) is 60.7 Å². The van der Waals surface area contributed by atoms with Crippen LogP contribution in [0.3, 0.4) is 0 Å². The number of carbonyl (C=O) groups is 1. The van der Waals surface area contributed by atoms with Crippen molar-refractivity contribution < 1.29 is 9.90 Å². The summed E-state index contributed by atoms with van der Waals surface area (Å²) in [6.07, 6.45) is -0.580. The van der Waals surface area contributed by atoms with Crippen molar-refractivity contribution in [1.82, 2.24) is 9.88 Å². The molecule has 0 bridgehead atoms. The predicted octanol–water partition coefficient (Wildman–Crippen LogP) is 2.93. The summed E-state index contributed by atoms with van der Waals surface area (Å²) in [7, 11) is 0. The molecule has 1 aromatic heterocycles. The lowest BCUT2D eigenvalue weighted by Gasteiger charge is -2.26. The number of aliphatic hydroxyl groups excluding tert-OH is 1. The van der Waals surface area contributed by atoms with Crippen LogP contribution in [0.5, 0.6) is 0 Å². The Morgan fingerprint density at radius 1 is 1.04 bits per heavy atom. The molecule has 1 aliphatic rings. The van der Waals surface area contributed by atoms with E-state index in [1.807, 2.05) is 36.4 Å². The van der Waals surface area contributed by atoms with Gasteiger partial charge in [0.1, 0.15) is 0 Å². The van der Waals surface area contributed by atoms with Gasteiger partial charge in [-0.15, -0.1) is 0 Å². The smallest absolute Gasteiger partial charge is 0.219 e. The number of aliphatic hydroxyl groups is 1. The number of hydrogen-bond donors (Lipinski definition) is 1. The summed E-state index contributed by atoms with van der Waals surface area (Å²) < 4.78 is 0. The Kier molecular flexibility index (Phi) is 4.77. The van der Waals surface area contributed by atoms with Crippen LogP contribution >= 0.6 is 0 Å². The highest BCUT2D eigenvalue weighted by atomic mass is 16.3.